The van der Waals surface area contributed by atoms with Crippen LogP contribution in [0.25, 0.3) is 10.9 Å². The van der Waals surface area contributed by atoms with E-state index in [9.17, 15) is 19.7 Å². The molecule has 4 heterocycles. The lowest BCUT2D eigenvalue weighted by Gasteiger charge is -2.47. The van der Waals surface area contributed by atoms with Crippen LogP contribution in [0.3, 0.4) is 0 Å². The summed E-state index contributed by atoms with van der Waals surface area (Å²) in [6.45, 7) is 0.262. The molecule has 2 amide bonds. The van der Waals surface area contributed by atoms with E-state index in [-0.39, 0.29) is 24.0 Å². The van der Waals surface area contributed by atoms with Crippen LogP contribution in [0.4, 0.5) is 5.69 Å². The molecule has 0 saturated carbocycles. The van der Waals surface area contributed by atoms with E-state index in [2.05, 4.69) is 9.97 Å². The molecule has 2 aliphatic heterocycles. The number of carbonyl (C=O) groups is 2. The van der Waals surface area contributed by atoms with E-state index in [1.54, 1.807) is 34.3 Å². The number of piperazine rings is 1. The number of para-hydroxylation sites is 1. The fourth-order valence-electron chi connectivity index (χ4n) is 5.32. The van der Waals surface area contributed by atoms with E-state index in [4.69, 9.17) is 0 Å². The number of H-pyrrole nitrogens is 1. The van der Waals surface area contributed by atoms with Gasteiger partial charge in [0.05, 0.1) is 11.0 Å². The second-order valence-electron chi connectivity index (χ2n) is 8.89. The lowest BCUT2D eigenvalue weighted by molar-refractivity contribution is -0.384. The number of fused-ring (bicyclic) bond motifs is 4. The number of nitrogens with zero attached hydrogens (tertiary/aromatic N) is 4. The number of nitro groups is 1. The predicted molar refractivity (Wildman–Crippen MR) is 127 cm³/mol. The molecular weight excluding hydrogens is 446 g/mol. The fourth-order valence-corrected chi connectivity index (χ4v) is 5.32. The van der Waals surface area contributed by atoms with Crippen LogP contribution in [-0.2, 0) is 22.6 Å². The number of rotatable bonds is 4. The molecular formula is C26H21N5O4. The first kappa shape index (κ1) is 21.0. The molecule has 35 heavy (non-hydrogen) atoms. The van der Waals surface area contributed by atoms with E-state index < -0.39 is 17.0 Å². The van der Waals surface area contributed by atoms with E-state index in [1.165, 1.54) is 12.1 Å². The largest absolute Gasteiger partial charge is 0.356 e. The molecule has 2 atom stereocenters. The first-order valence-corrected chi connectivity index (χ1v) is 11.3. The van der Waals surface area contributed by atoms with Gasteiger partial charge in [0.15, 0.2) is 0 Å². The smallest absolute Gasteiger partial charge is 0.269 e. The van der Waals surface area contributed by atoms with Crippen molar-refractivity contribution in [2.75, 3.05) is 6.54 Å². The van der Waals surface area contributed by atoms with Crippen LogP contribution in [0.1, 0.15) is 28.4 Å². The minimum Gasteiger partial charge on any atom is -0.356 e. The Balaban J connectivity index is 1.48. The Morgan fingerprint density at radius 3 is 2.66 bits per heavy atom. The molecule has 9 heteroatoms. The third-order valence-corrected chi connectivity index (χ3v) is 6.86. The van der Waals surface area contributed by atoms with Crippen LogP contribution in [0.15, 0.2) is 73.1 Å². The Labute approximate surface area is 200 Å². The Kier molecular flexibility index (Phi) is 4.84. The highest BCUT2D eigenvalue weighted by molar-refractivity contribution is 5.97. The monoisotopic (exact) mass is 467 g/mol. The van der Waals surface area contributed by atoms with E-state index >= 15 is 0 Å². The first-order chi connectivity index (χ1) is 17.0. The molecule has 1 fully saturated rings. The molecule has 0 spiro atoms. The molecule has 1 N–H and O–H groups in total. The van der Waals surface area contributed by atoms with Crippen molar-refractivity contribution in [3.8, 4) is 0 Å². The molecule has 2 aromatic carbocycles. The lowest BCUT2D eigenvalue weighted by atomic mass is 9.86. The van der Waals surface area contributed by atoms with Crippen LogP contribution in [0, 0.1) is 10.1 Å². The zero-order chi connectivity index (χ0) is 24.1. The highest BCUT2D eigenvalue weighted by Crippen LogP contribution is 2.43. The van der Waals surface area contributed by atoms with Crippen LogP contribution >= 0.6 is 0 Å². The molecule has 174 valence electrons. The van der Waals surface area contributed by atoms with Gasteiger partial charge in [-0.05, 0) is 34.9 Å². The molecule has 0 radical (unpaired) electrons. The SMILES string of the molecule is O=C1[C@@H]2Cc3c([nH]c4ccccc34)[C@H](c3cccc([N+](=O)[O-])c3)N2C(=O)CN1Cc1ccncc1. The van der Waals surface area contributed by atoms with Crippen LogP contribution in [0.2, 0.25) is 0 Å². The Hall–Kier alpha value is -4.53. The summed E-state index contributed by atoms with van der Waals surface area (Å²) >= 11 is 0. The van der Waals surface area contributed by atoms with Crippen LogP contribution in [-0.4, -0.2) is 49.1 Å². The number of amides is 2. The molecule has 2 aliphatic rings. The third kappa shape index (κ3) is 3.43. The van der Waals surface area contributed by atoms with Gasteiger partial charge < -0.3 is 14.8 Å². The van der Waals surface area contributed by atoms with Gasteiger partial charge in [-0.1, -0.05) is 30.3 Å². The number of aromatic amines is 1. The Bertz CT molecular complexity index is 1480. The Morgan fingerprint density at radius 1 is 1.06 bits per heavy atom. The van der Waals surface area contributed by atoms with Crippen molar-refractivity contribution in [3.05, 3.63) is 106 Å². The number of nitro benzene ring substituents is 1. The lowest BCUT2D eigenvalue weighted by Crippen LogP contribution is -2.62. The summed E-state index contributed by atoms with van der Waals surface area (Å²) in [7, 11) is 0. The van der Waals surface area contributed by atoms with E-state index in [0.717, 1.165) is 27.7 Å². The molecule has 1 saturated heterocycles. The number of carbonyl (C=O) groups excluding carboxylic acids is 2. The second kappa shape index (κ2) is 8.05. The second-order valence-corrected chi connectivity index (χ2v) is 8.89. The van der Waals surface area contributed by atoms with Crippen molar-refractivity contribution in [1.82, 2.24) is 19.8 Å². The topological polar surface area (TPSA) is 112 Å². The van der Waals surface area contributed by atoms with Crippen molar-refractivity contribution < 1.29 is 14.5 Å². The van der Waals surface area contributed by atoms with Crippen molar-refractivity contribution in [1.29, 1.82) is 0 Å². The van der Waals surface area contributed by atoms with E-state index in [0.29, 0.717) is 18.5 Å². The Morgan fingerprint density at radius 2 is 1.86 bits per heavy atom. The van der Waals surface area contributed by atoms with Gasteiger partial charge in [-0.25, -0.2) is 0 Å². The summed E-state index contributed by atoms with van der Waals surface area (Å²) in [5.74, 6) is -0.322. The minimum atomic E-state index is -0.700. The van der Waals surface area contributed by atoms with Crippen molar-refractivity contribution in [3.63, 3.8) is 0 Å². The fraction of sp³-hybridized carbons (Fsp3) is 0.192. The van der Waals surface area contributed by atoms with Gasteiger partial charge in [-0.2, -0.15) is 0 Å². The summed E-state index contributed by atoms with van der Waals surface area (Å²) in [5.41, 5.74) is 4.10. The van der Waals surface area contributed by atoms with E-state index in [1.807, 2.05) is 36.4 Å². The van der Waals surface area contributed by atoms with Crippen LogP contribution in [0.5, 0.6) is 0 Å². The number of pyridine rings is 1. The molecule has 0 bridgehead atoms. The third-order valence-electron chi connectivity index (χ3n) is 6.86. The maximum atomic E-state index is 13.7. The highest BCUT2D eigenvalue weighted by atomic mass is 16.6. The van der Waals surface area contributed by atoms with Crippen molar-refractivity contribution >= 4 is 28.4 Å². The molecule has 2 aromatic heterocycles. The molecule has 0 unspecified atom stereocenters. The standard InChI is InChI=1S/C26H21N5O4/c32-23-15-29(14-16-8-10-27-11-9-16)26(33)22-13-20-19-6-1-2-7-21(19)28-24(20)25(30(22)23)17-4-3-5-18(12-17)31(34)35/h1-12,22,25,28H,13-15H2/t22-,25-/m0/s1. The van der Waals surface area contributed by atoms with Gasteiger partial charge in [-0.3, -0.25) is 24.7 Å². The maximum absolute atomic E-state index is 13.7. The summed E-state index contributed by atoms with van der Waals surface area (Å²) in [4.78, 5) is 49.0. The average Bonchev–Trinajstić information content (AvgIpc) is 3.25. The predicted octanol–water partition coefficient (Wildman–Crippen LogP) is 3.36. The van der Waals surface area contributed by atoms with Crippen molar-refractivity contribution in [2.45, 2.75) is 25.0 Å². The number of non-ortho nitro benzene ring substituents is 1. The average molecular weight is 467 g/mol. The summed E-state index contributed by atoms with van der Waals surface area (Å²) in [6, 6.07) is 16.4. The normalized spacial score (nSPS) is 19.5. The summed E-state index contributed by atoms with van der Waals surface area (Å²) in [5, 5.41) is 12.5. The number of hydrogen-bond acceptors (Lipinski definition) is 5. The number of aromatic nitrogens is 2. The zero-order valence-electron chi connectivity index (χ0n) is 18.6. The molecule has 9 nitrogen and oxygen atoms in total. The van der Waals surface area contributed by atoms with Crippen molar-refractivity contribution in [2.24, 2.45) is 0 Å². The quantitative estimate of drug-likeness (QED) is 0.365. The number of benzene rings is 2. The van der Waals surface area contributed by atoms with Gasteiger partial charge in [0.25, 0.3) is 5.69 Å². The number of nitrogens with one attached hydrogen (secondary N) is 1. The number of hydrogen-bond donors (Lipinski definition) is 1. The van der Waals surface area contributed by atoms with Gasteiger partial charge in [0.2, 0.25) is 11.8 Å². The first-order valence-electron chi connectivity index (χ1n) is 11.3. The molecule has 6 rings (SSSR count). The van der Waals surface area contributed by atoms with Gasteiger partial charge in [0, 0.05) is 54.1 Å². The van der Waals surface area contributed by atoms with Gasteiger partial charge >= 0.3 is 0 Å². The van der Waals surface area contributed by atoms with Gasteiger partial charge in [0.1, 0.15) is 12.6 Å². The van der Waals surface area contributed by atoms with Gasteiger partial charge in [-0.15, -0.1) is 0 Å². The maximum Gasteiger partial charge on any atom is 0.269 e. The zero-order valence-corrected chi connectivity index (χ0v) is 18.6. The summed E-state index contributed by atoms with van der Waals surface area (Å²) in [6.07, 6.45) is 3.70. The van der Waals surface area contributed by atoms with Crippen LogP contribution < -0.4 is 0 Å². The summed E-state index contributed by atoms with van der Waals surface area (Å²) < 4.78 is 0. The highest BCUT2D eigenvalue weighted by Gasteiger charge is 2.48. The minimum absolute atomic E-state index is 0.0569. The molecule has 0 aliphatic carbocycles. The molecule has 4 aromatic rings.